The zero-order valence-corrected chi connectivity index (χ0v) is 12.9. The number of ether oxygens (including phenoxy) is 1. The van der Waals surface area contributed by atoms with Crippen LogP contribution >= 0.6 is 11.8 Å². The molecule has 2 aromatic rings. The van der Waals surface area contributed by atoms with Crippen LogP contribution in [0.25, 0.3) is 10.8 Å². The first kappa shape index (κ1) is 15.7. The monoisotopic (exact) mass is 305 g/mol. The maximum absolute atomic E-state index is 12.0. The molecule has 5 heteroatoms. The molecular weight excluding hydrogens is 286 g/mol. The third kappa shape index (κ3) is 3.89. The predicted molar refractivity (Wildman–Crippen MR) is 85.8 cm³/mol. The van der Waals surface area contributed by atoms with Crippen molar-refractivity contribution in [3.63, 3.8) is 0 Å². The number of carbonyl (C=O) groups excluding carboxylic acids is 1. The maximum Gasteiger partial charge on any atom is 0.233 e. The van der Waals surface area contributed by atoms with Gasteiger partial charge in [0.05, 0.1) is 11.9 Å². The molecule has 0 spiro atoms. The minimum absolute atomic E-state index is 0.0193. The molecule has 4 nitrogen and oxygen atoms in total. The van der Waals surface area contributed by atoms with E-state index in [1.807, 2.05) is 37.3 Å². The third-order valence-electron chi connectivity index (χ3n) is 3.14. The lowest BCUT2D eigenvalue weighted by Crippen LogP contribution is -2.33. The average Bonchev–Trinajstić information content (AvgIpc) is 2.50. The van der Waals surface area contributed by atoms with Crippen molar-refractivity contribution in [3.8, 4) is 5.75 Å². The smallest absolute Gasteiger partial charge is 0.233 e. The Kier molecular flexibility index (Phi) is 5.47. The van der Waals surface area contributed by atoms with Crippen molar-refractivity contribution in [2.45, 2.75) is 17.1 Å². The van der Waals surface area contributed by atoms with E-state index in [2.05, 4.69) is 5.32 Å². The summed E-state index contributed by atoms with van der Waals surface area (Å²) in [6, 6.07) is 11.2. The zero-order valence-electron chi connectivity index (χ0n) is 12.1. The fourth-order valence-corrected chi connectivity index (χ4v) is 3.05. The summed E-state index contributed by atoms with van der Waals surface area (Å²) in [7, 11) is 1.60. The first-order valence-electron chi connectivity index (χ1n) is 6.77. The Morgan fingerprint density at radius 2 is 2.00 bits per heavy atom. The number of rotatable bonds is 6. The van der Waals surface area contributed by atoms with E-state index >= 15 is 0 Å². The molecule has 21 heavy (non-hydrogen) atoms. The number of methoxy groups -OCH3 is 1. The number of aromatic hydroxyl groups is 1. The molecule has 0 saturated heterocycles. The number of fused-ring (bicyclic) bond motifs is 1. The largest absolute Gasteiger partial charge is 0.507 e. The van der Waals surface area contributed by atoms with E-state index in [9.17, 15) is 9.90 Å². The van der Waals surface area contributed by atoms with Gasteiger partial charge in [0, 0.05) is 23.9 Å². The summed E-state index contributed by atoms with van der Waals surface area (Å²) in [6.07, 6.45) is 0. The fraction of sp³-hybridized carbons (Fsp3) is 0.312. The van der Waals surface area contributed by atoms with Crippen LogP contribution in [-0.2, 0) is 9.53 Å². The highest BCUT2D eigenvalue weighted by Crippen LogP contribution is 2.35. The molecule has 0 radical (unpaired) electrons. The Balaban J connectivity index is 2.13. The summed E-state index contributed by atoms with van der Waals surface area (Å²) in [5, 5.41) is 14.3. The molecule has 1 amide bonds. The molecule has 0 saturated carbocycles. The number of phenolic OH excluding ortho intramolecular Hbond substituents is 1. The van der Waals surface area contributed by atoms with Crippen LogP contribution in [0.4, 0.5) is 0 Å². The molecule has 0 aliphatic carbocycles. The van der Waals surface area contributed by atoms with Gasteiger partial charge in [-0.25, -0.2) is 0 Å². The molecule has 112 valence electrons. The van der Waals surface area contributed by atoms with Crippen molar-refractivity contribution in [2.75, 3.05) is 20.3 Å². The number of hydrogen-bond donors (Lipinski definition) is 2. The minimum atomic E-state index is -0.213. The van der Waals surface area contributed by atoms with Crippen LogP contribution in [0, 0.1) is 0 Å². The number of thioether (sulfide) groups is 1. The number of nitrogens with one attached hydrogen (secondary N) is 1. The molecule has 0 fully saturated rings. The van der Waals surface area contributed by atoms with E-state index in [0.717, 1.165) is 15.7 Å². The summed E-state index contributed by atoms with van der Waals surface area (Å²) in [5.41, 5.74) is 0. The van der Waals surface area contributed by atoms with Gasteiger partial charge in [-0.3, -0.25) is 4.79 Å². The number of amides is 1. The van der Waals surface area contributed by atoms with E-state index in [1.54, 1.807) is 13.2 Å². The van der Waals surface area contributed by atoms with Gasteiger partial charge >= 0.3 is 0 Å². The molecule has 1 atom stereocenters. The molecule has 0 aromatic heterocycles. The van der Waals surface area contributed by atoms with E-state index in [1.165, 1.54) is 11.8 Å². The zero-order chi connectivity index (χ0) is 15.2. The SMILES string of the molecule is COCCNC(=O)C(C)Sc1ccc(O)c2ccccc12. The summed E-state index contributed by atoms with van der Waals surface area (Å²) >= 11 is 1.48. The standard InChI is InChI=1S/C16H19NO3S/c1-11(16(19)17-9-10-20-2)21-15-8-7-14(18)12-5-3-4-6-13(12)15/h3-8,11,18H,9-10H2,1-2H3,(H,17,19). The summed E-state index contributed by atoms with van der Waals surface area (Å²) < 4.78 is 4.91. The van der Waals surface area contributed by atoms with Gasteiger partial charge in [0.2, 0.25) is 5.91 Å². The van der Waals surface area contributed by atoms with Crippen LogP contribution in [0.15, 0.2) is 41.3 Å². The predicted octanol–water partition coefficient (Wildman–Crippen LogP) is 2.79. The van der Waals surface area contributed by atoms with Crippen molar-refractivity contribution >= 4 is 28.4 Å². The molecule has 0 heterocycles. The van der Waals surface area contributed by atoms with Gasteiger partial charge < -0.3 is 15.2 Å². The van der Waals surface area contributed by atoms with Crippen LogP contribution in [0.1, 0.15) is 6.92 Å². The van der Waals surface area contributed by atoms with E-state index in [4.69, 9.17) is 4.74 Å². The van der Waals surface area contributed by atoms with Crippen LogP contribution in [-0.4, -0.2) is 36.5 Å². The molecule has 0 aliphatic rings. The molecule has 2 N–H and O–H groups in total. The number of carbonyl (C=O) groups is 1. The second kappa shape index (κ2) is 7.33. The van der Waals surface area contributed by atoms with Gasteiger partial charge in [-0.05, 0) is 24.4 Å². The Morgan fingerprint density at radius 1 is 1.29 bits per heavy atom. The van der Waals surface area contributed by atoms with Crippen molar-refractivity contribution in [3.05, 3.63) is 36.4 Å². The first-order valence-corrected chi connectivity index (χ1v) is 7.65. The lowest BCUT2D eigenvalue weighted by molar-refractivity contribution is -0.120. The highest BCUT2D eigenvalue weighted by Gasteiger charge is 2.15. The highest BCUT2D eigenvalue weighted by molar-refractivity contribution is 8.00. The summed E-state index contributed by atoms with van der Waals surface area (Å²) in [5.74, 6) is 0.237. The lowest BCUT2D eigenvalue weighted by Gasteiger charge is -2.13. The summed E-state index contributed by atoms with van der Waals surface area (Å²) in [4.78, 5) is 13.0. The van der Waals surface area contributed by atoms with Crippen molar-refractivity contribution in [1.29, 1.82) is 0 Å². The van der Waals surface area contributed by atoms with Crippen LogP contribution in [0.3, 0.4) is 0 Å². The second-order valence-corrected chi connectivity index (χ2v) is 6.05. The third-order valence-corrected chi connectivity index (χ3v) is 4.32. The van der Waals surface area contributed by atoms with Gasteiger partial charge in [-0.2, -0.15) is 0 Å². The van der Waals surface area contributed by atoms with Gasteiger partial charge in [0.1, 0.15) is 5.75 Å². The molecule has 2 aromatic carbocycles. The second-order valence-electron chi connectivity index (χ2n) is 4.67. The quantitative estimate of drug-likeness (QED) is 0.636. The summed E-state index contributed by atoms with van der Waals surface area (Å²) in [6.45, 7) is 2.89. The maximum atomic E-state index is 12.0. The number of hydrogen-bond acceptors (Lipinski definition) is 4. The molecule has 0 aliphatic heterocycles. The lowest BCUT2D eigenvalue weighted by atomic mass is 10.1. The van der Waals surface area contributed by atoms with Crippen LogP contribution in [0.5, 0.6) is 5.75 Å². The van der Waals surface area contributed by atoms with Crippen LogP contribution in [0.2, 0.25) is 0 Å². The minimum Gasteiger partial charge on any atom is -0.507 e. The number of phenols is 1. The van der Waals surface area contributed by atoms with Crippen LogP contribution < -0.4 is 5.32 Å². The van der Waals surface area contributed by atoms with Crippen molar-refractivity contribution in [2.24, 2.45) is 0 Å². The van der Waals surface area contributed by atoms with Gasteiger partial charge in [-0.15, -0.1) is 11.8 Å². The Hall–Kier alpha value is -1.72. The Bertz CT molecular complexity index is 630. The van der Waals surface area contributed by atoms with E-state index in [-0.39, 0.29) is 16.9 Å². The molecule has 2 rings (SSSR count). The molecule has 1 unspecified atom stereocenters. The molecule has 0 bridgehead atoms. The van der Waals surface area contributed by atoms with Gasteiger partial charge in [0.25, 0.3) is 0 Å². The van der Waals surface area contributed by atoms with Gasteiger partial charge in [-0.1, -0.05) is 24.3 Å². The number of benzene rings is 2. The fourth-order valence-electron chi connectivity index (χ4n) is 2.02. The Labute approximate surface area is 128 Å². The normalized spacial score (nSPS) is 12.3. The van der Waals surface area contributed by atoms with Gasteiger partial charge in [0.15, 0.2) is 0 Å². The van der Waals surface area contributed by atoms with Crippen molar-refractivity contribution in [1.82, 2.24) is 5.32 Å². The first-order chi connectivity index (χ1) is 10.1. The highest BCUT2D eigenvalue weighted by atomic mass is 32.2. The average molecular weight is 305 g/mol. The Morgan fingerprint density at radius 3 is 2.71 bits per heavy atom. The van der Waals surface area contributed by atoms with E-state index < -0.39 is 0 Å². The topological polar surface area (TPSA) is 58.6 Å². The van der Waals surface area contributed by atoms with E-state index in [0.29, 0.717) is 13.2 Å². The van der Waals surface area contributed by atoms with Crippen molar-refractivity contribution < 1.29 is 14.6 Å². The molecular formula is C16H19NO3S.